The minimum atomic E-state index is -0.143. The summed E-state index contributed by atoms with van der Waals surface area (Å²) in [7, 11) is 3.24. The third kappa shape index (κ3) is 5.45. The van der Waals surface area contributed by atoms with Crippen LogP contribution in [0.4, 0.5) is 0 Å². The number of carbonyl (C=O) groups excluding carboxylic acids is 1. The standard InChI is InChI=1S/C24H23ClO5/c1-16(26)21-12-23(29-14-17-4-8-19(27-2)9-5-17)24(13-22(21)25)30-15-18-6-10-20(28-3)11-7-18/h4-13H,14-15H2,1-3H3. The summed E-state index contributed by atoms with van der Waals surface area (Å²) in [5.74, 6) is 2.32. The number of rotatable bonds is 9. The molecule has 0 N–H and O–H groups in total. The number of ketones is 1. The number of carbonyl (C=O) groups is 1. The van der Waals surface area contributed by atoms with Crippen molar-refractivity contribution < 1.29 is 23.7 Å². The molecule has 5 nitrogen and oxygen atoms in total. The number of hydrogen-bond acceptors (Lipinski definition) is 5. The fourth-order valence-electron chi connectivity index (χ4n) is 2.80. The molecule has 0 unspecified atom stereocenters. The van der Waals surface area contributed by atoms with Crippen LogP contribution in [0, 0.1) is 0 Å². The van der Waals surface area contributed by atoms with Gasteiger partial charge >= 0.3 is 0 Å². The predicted octanol–water partition coefficient (Wildman–Crippen LogP) is 5.72. The predicted molar refractivity (Wildman–Crippen MR) is 116 cm³/mol. The van der Waals surface area contributed by atoms with Gasteiger partial charge in [-0.3, -0.25) is 4.79 Å². The molecule has 0 saturated heterocycles. The van der Waals surface area contributed by atoms with Gasteiger partial charge in [-0.2, -0.15) is 0 Å². The zero-order valence-corrected chi connectivity index (χ0v) is 17.9. The van der Waals surface area contributed by atoms with Gasteiger partial charge in [0.15, 0.2) is 17.3 Å². The number of hydrogen-bond donors (Lipinski definition) is 0. The van der Waals surface area contributed by atoms with Crippen LogP contribution in [0.5, 0.6) is 23.0 Å². The van der Waals surface area contributed by atoms with Gasteiger partial charge in [0.25, 0.3) is 0 Å². The molecule has 0 amide bonds. The highest BCUT2D eigenvalue weighted by Crippen LogP contribution is 2.35. The second kappa shape index (κ2) is 10.0. The Morgan fingerprint density at radius 3 is 1.60 bits per heavy atom. The Morgan fingerprint density at radius 2 is 1.20 bits per heavy atom. The molecule has 0 fully saturated rings. The molecule has 3 aromatic carbocycles. The first kappa shape index (κ1) is 21.5. The van der Waals surface area contributed by atoms with Gasteiger partial charge in [-0.25, -0.2) is 0 Å². The highest BCUT2D eigenvalue weighted by molar-refractivity contribution is 6.34. The summed E-state index contributed by atoms with van der Waals surface area (Å²) in [5.41, 5.74) is 2.30. The highest BCUT2D eigenvalue weighted by atomic mass is 35.5. The first-order valence-electron chi connectivity index (χ1n) is 9.36. The van der Waals surface area contributed by atoms with Gasteiger partial charge in [0.1, 0.15) is 24.7 Å². The SMILES string of the molecule is COc1ccc(COc2cc(Cl)c(C(C)=O)cc2OCc2ccc(OC)cc2)cc1. The van der Waals surface area contributed by atoms with Gasteiger partial charge < -0.3 is 18.9 Å². The Kier molecular flexibility index (Phi) is 7.20. The van der Waals surface area contributed by atoms with Crippen LogP contribution in [-0.2, 0) is 13.2 Å². The first-order chi connectivity index (χ1) is 14.5. The summed E-state index contributed by atoms with van der Waals surface area (Å²) in [6.07, 6.45) is 0. The minimum absolute atomic E-state index is 0.143. The third-order valence-corrected chi connectivity index (χ3v) is 4.83. The van der Waals surface area contributed by atoms with Crippen LogP contribution in [0.1, 0.15) is 28.4 Å². The maximum absolute atomic E-state index is 11.9. The topological polar surface area (TPSA) is 54.0 Å². The van der Waals surface area contributed by atoms with Crippen LogP contribution in [-0.4, -0.2) is 20.0 Å². The average Bonchev–Trinajstić information content (AvgIpc) is 2.77. The summed E-state index contributed by atoms with van der Waals surface area (Å²) >= 11 is 6.28. The van der Waals surface area contributed by atoms with Gasteiger partial charge in [0, 0.05) is 11.6 Å². The van der Waals surface area contributed by atoms with Gasteiger partial charge in [-0.1, -0.05) is 35.9 Å². The monoisotopic (exact) mass is 426 g/mol. The van der Waals surface area contributed by atoms with Gasteiger partial charge in [-0.15, -0.1) is 0 Å². The van der Waals surface area contributed by atoms with Crippen molar-refractivity contribution in [2.45, 2.75) is 20.1 Å². The van der Waals surface area contributed by atoms with E-state index in [0.717, 1.165) is 22.6 Å². The zero-order chi connectivity index (χ0) is 21.5. The fourth-order valence-corrected chi connectivity index (χ4v) is 3.08. The molecule has 0 aliphatic rings. The van der Waals surface area contributed by atoms with E-state index >= 15 is 0 Å². The lowest BCUT2D eigenvalue weighted by atomic mass is 10.1. The maximum atomic E-state index is 11.9. The van der Waals surface area contributed by atoms with Crippen LogP contribution in [0.25, 0.3) is 0 Å². The smallest absolute Gasteiger partial charge is 0.163 e. The fraction of sp³-hybridized carbons (Fsp3) is 0.208. The lowest BCUT2D eigenvalue weighted by molar-refractivity contribution is 0.101. The molecule has 0 spiro atoms. The quantitative estimate of drug-likeness (QED) is 0.410. The van der Waals surface area contributed by atoms with E-state index in [-0.39, 0.29) is 5.78 Å². The van der Waals surface area contributed by atoms with Crippen LogP contribution in [0.15, 0.2) is 60.7 Å². The number of benzene rings is 3. The molecule has 6 heteroatoms. The van der Waals surface area contributed by atoms with Gasteiger partial charge in [0.05, 0.1) is 19.2 Å². The zero-order valence-electron chi connectivity index (χ0n) is 17.1. The van der Waals surface area contributed by atoms with Crippen molar-refractivity contribution in [1.82, 2.24) is 0 Å². The van der Waals surface area contributed by atoms with Crippen molar-refractivity contribution in [3.8, 4) is 23.0 Å². The van der Waals surface area contributed by atoms with Crippen molar-refractivity contribution in [1.29, 1.82) is 0 Å². The Bertz CT molecular complexity index is 997. The largest absolute Gasteiger partial charge is 0.497 e. The summed E-state index contributed by atoms with van der Waals surface area (Å²) < 4.78 is 22.3. The highest BCUT2D eigenvalue weighted by Gasteiger charge is 2.15. The number of methoxy groups -OCH3 is 2. The first-order valence-corrected chi connectivity index (χ1v) is 9.74. The molecule has 0 aliphatic carbocycles. The Balaban J connectivity index is 1.79. The molecule has 0 saturated carbocycles. The maximum Gasteiger partial charge on any atom is 0.163 e. The van der Waals surface area contributed by atoms with Gasteiger partial charge in [0.2, 0.25) is 0 Å². The second-order valence-corrected chi connectivity index (χ2v) is 7.02. The Labute approximate surface area is 181 Å². The van der Waals surface area contributed by atoms with E-state index in [9.17, 15) is 4.79 Å². The van der Waals surface area contributed by atoms with Crippen LogP contribution in [0.3, 0.4) is 0 Å². The van der Waals surface area contributed by atoms with E-state index in [1.807, 2.05) is 48.5 Å². The van der Waals surface area contributed by atoms with Crippen molar-refractivity contribution in [3.05, 3.63) is 82.4 Å². The number of ether oxygens (including phenoxy) is 4. The van der Waals surface area contributed by atoms with E-state index < -0.39 is 0 Å². The minimum Gasteiger partial charge on any atom is -0.497 e. The molecule has 0 atom stereocenters. The van der Waals surface area contributed by atoms with E-state index in [0.29, 0.717) is 35.3 Å². The molecule has 0 aromatic heterocycles. The lowest BCUT2D eigenvalue weighted by Crippen LogP contribution is -2.03. The Hall–Kier alpha value is -3.18. The number of Topliss-reactive ketones (excluding diaryl/α,β-unsaturated/α-hetero) is 1. The van der Waals surface area contributed by atoms with Crippen molar-refractivity contribution >= 4 is 17.4 Å². The van der Waals surface area contributed by atoms with E-state index in [2.05, 4.69) is 0 Å². The van der Waals surface area contributed by atoms with E-state index in [4.69, 9.17) is 30.5 Å². The molecule has 0 radical (unpaired) electrons. The third-order valence-electron chi connectivity index (χ3n) is 4.52. The van der Waals surface area contributed by atoms with Crippen molar-refractivity contribution in [2.75, 3.05) is 14.2 Å². The summed E-state index contributed by atoms with van der Waals surface area (Å²) in [6, 6.07) is 18.4. The molecular weight excluding hydrogens is 404 g/mol. The molecule has 30 heavy (non-hydrogen) atoms. The molecule has 3 aromatic rings. The second-order valence-electron chi connectivity index (χ2n) is 6.61. The molecule has 0 aliphatic heterocycles. The van der Waals surface area contributed by atoms with E-state index in [1.165, 1.54) is 6.92 Å². The summed E-state index contributed by atoms with van der Waals surface area (Å²) in [6.45, 7) is 2.09. The molecular formula is C24H23ClO5. The van der Waals surface area contributed by atoms with E-state index in [1.54, 1.807) is 26.4 Å². The summed E-state index contributed by atoms with van der Waals surface area (Å²) in [5, 5.41) is 0.323. The molecule has 156 valence electrons. The normalized spacial score (nSPS) is 10.4. The lowest BCUT2D eigenvalue weighted by Gasteiger charge is -2.15. The van der Waals surface area contributed by atoms with Crippen molar-refractivity contribution in [3.63, 3.8) is 0 Å². The van der Waals surface area contributed by atoms with Crippen LogP contribution in [0.2, 0.25) is 5.02 Å². The Morgan fingerprint density at radius 1 is 0.767 bits per heavy atom. The molecule has 3 rings (SSSR count). The molecule has 0 heterocycles. The van der Waals surface area contributed by atoms with Crippen LogP contribution < -0.4 is 18.9 Å². The van der Waals surface area contributed by atoms with Crippen LogP contribution >= 0.6 is 11.6 Å². The van der Waals surface area contributed by atoms with Gasteiger partial charge in [-0.05, 0) is 48.4 Å². The number of halogens is 1. The van der Waals surface area contributed by atoms with Crippen molar-refractivity contribution in [2.24, 2.45) is 0 Å². The molecule has 0 bridgehead atoms. The summed E-state index contributed by atoms with van der Waals surface area (Å²) in [4.78, 5) is 11.9. The average molecular weight is 427 g/mol.